The van der Waals surface area contributed by atoms with Crippen molar-refractivity contribution in [3.05, 3.63) is 0 Å². The lowest BCUT2D eigenvalue weighted by Crippen LogP contribution is -2.30. The SMILES string of the molecule is CC(=O)N1CCC/C1=N/C(C)C. The van der Waals surface area contributed by atoms with E-state index in [4.69, 9.17) is 0 Å². The summed E-state index contributed by atoms with van der Waals surface area (Å²) >= 11 is 0. The molecule has 1 amide bonds. The summed E-state index contributed by atoms with van der Waals surface area (Å²) < 4.78 is 0. The molecule has 0 radical (unpaired) electrons. The quantitative estimate of drug-likeness (QED) is 0.583. The van der Waals surface area contributed by atoms with Crippen molar-refractivity contribution in [2.75, 3.05) is 6.54 Å². The zero-order chi connectivity index (χ0) is 9.14. The van der Waals surface area contributed by atoms with Crippen LogP contribution in [0.5, 0.6) is 0 Å². The molecule has 0 bridgehead atoms. The molecule has 0 unspecified atom stereocenters. The maximum absolute atomic E-state index is 11.1. The Morgan fingerprint density at radius 2 is 2.25 bits per heavy atom. The summed E-state index contributed by atoms with van der Waals surface area (Å²) in [5, 5.41) is 0. The van der Waals surface area contributed by atoms with E-state index in [1.165, 1.54) is 0 Å². The van der Waals surface area contributed by atoms with Gasteiger partial charge in [-0.15, -0.1) is 0 Å². The van der Waals surface area contributed by atoms with Crippen molar-refractivity contribution in [2.45, 2.75) is 39.7 Å². The third-order valence-electron chi connectivity index (χ3n) is 1.88. The molecule has 0 atom stereocenters. The molecule has 0 N–H and O–H groups in total. The average Bonchev–Trinajstić information content (AvgIpc) is 2.33. The van der Waals surface area contributed by atoms with Crippen LogP contribution in [-0.4, -0.2) is 29.2 Å². The Balaban J connectivity index is 2.70. The van der Waals surface area contributed by atoms with Gasteiger partial charge in [0.05, 0.1) is 0 Å². The summed E-state index contributed by atoms with van der Waals surface area (Å²) in [6, 6.07) is 0.292. The second-order valence-electron chi connectivity index (χ2n) is 3.41. The molecular weight excluding hydrogens is 152 g/mol. The highest BCUT2D eigenvalue weighted by Gasteiger charge is 2.21. The van der Waals surface area contributed by atoms with Crippen LogP contribution in [0.2, 0.25) is 0 Å². The van der Waals surface area contributed by atoms with Gasteiger partial charge in [-0.25, -0.2) is 0 Å². The van der Waals surface area contributed by atoms with Gasteiger partial charge in [-0.1, -0.05) is 0 Å². The fourth-order valence-corrected chi connectivity index (χ4v) is 1.43. The summed E-state index contributed by atoms with van der Waals surface area (Å²) in [7, 11) is 0. The number of hydrogen-bond acceptors (Lipinski definition) is 2. The van der Waals surface area contributed by atoms with Crippen molar-refractivity contribution >= 4 is 11.7 Å². The highest BCUT2D eigenvalue weighted by atomic mass is 16.2. The molecule has 1 fully saturated rings. The van der Waals surface area contributed by atoms with E-state index < -0.39 is 0 Å². The third-order valence-corrected chi connectivity index (χ3v) is 1.88. The van der Waals surface area contributed by atoms with E-state index in [1.807, 2.05) is 13.8 Å². The van der Waals surface area contributed by atoms with Crippen LogP contribution in [0.15, 0.2) is 4.99 Å². The number of rotatable bonds is 1. The van der Waals surface area contributed by atoms with Crippen LogP contribution in [0.1, 0.15) is 33.6 Å². The zero-order valence-electron chi connectivity index (χ0n) is 8.00. The van der Waals surface area contributed by atoms with Crippen LogP contribution in [0.25, 0.3) is 0 Å². The van der Waals surface area contributed by atoms with Crippen LogP contribution in [0.4, 0.5) is 0 Å². The molecule has 0 spiro atoms. The first-order valence-electron chi connectivity index (χ1n) is 4.46. The predicted molar refractivity (Wildman–Crippen MR) is 49.2 cm³/mol. The van der Waals surface area contributed by atoms with Gasteiger partial charge in [0.2, 0.25) is 5.91 Å². The van der Waals surface area contributed by atoms with Crippen molar-refractivity contribution in [1.82, 2.24) is 4.90 Å². The summed E-state index contributed by atoms with van der Waals surface area (Å²) in [6.07, 6.45) is 2.02. The molecule has 1 heterocycles. The van der Waals surface area contributed by atoms with Crippen LogP contribution < -0.4 is 0 Å². The molecule has 68 valence electrons. The number of likely N-dealkylation sites (tertiary alicyclic amines) is 1. The van der Waals surface area contributed by atoms with E-state index in [9.17, 15) is 4.79 Å². The summed E-state index contributed by atoms with van der Waals surface area (Å²) in [5.41, 5.74) is 0. The van der Waals surface area contributed by atoms with Gasteiger partial charge in [0.15, 0.2) is 0 Å². The fourth-order valence-electron chi connectivity index (χ4n) is 1.43. The molecule has 3 heteroatoms. The van der Waals surface area contributed by atoms with Gasteiger partial charge < -0.3 is 4.90 Å². The lowest BCUT2D eigenvalue weighted by molar-refractivity contribution is -0.124. The van der Waals surface area contributed by atoms with E-state index >= 15 is 0 Å². The highest BCUT2D eigenvalue weighted by molar-refractivity contribution is 5.98. The first kappa shape index (κ1) is 9.23. The van der Waals surface area contributed by atoms with Gasteiger partial charge >= 0.3 is 0 Å². The molecule has 0 aromatic carbocycles. The second kappa shape index (κ2) is 3.70. The molecule has 0 aromatic rings. The molecule has 0 aromatic heterocycles. The Morgan fingerprint density at radius 3 is 2.75 bits per heavy atom. The Morgan fingerprint density at radius 1 is 1.58 bits per heavy atom. The first-order valence-corrected chi connectivity index (χ1v) is 4.46. The van der Waals surface area contributed by atoms with Crippen molar-refractivity contribution in [3.8, 4) is 0 Å². The van der Waals surface area contributed by atoms with Crippen LogP contribution >= 0.6 is 0 Å². The standard InChI is InChI=1S/C9H16N2O/c1-7(2)10-9-5-4-6-11(9)8(3)12/h7H,4-6H2,1-3H3/b10-9-. The monoisotopic (exact) mass is 168 g/mol. The molecule has 0 aliphatic carbocycles. The minimum atomic E-state index is 0.118. The van der Waals surface area contributed by atoms with Crippen molar-refractivity contribution in [3.63, 3.8) is 0 Å². The fraction of sp³-hybridized carbons (Fsp3) is 0.778. The van der Waals surface area contributed by atoms with E-state index in [0.717, 1.165) is 25.2 Å². The van der Waals surface area contributed by atoms with Gasteiger partial charge in [-0.2, -0.15) is 0 Å². The van der Waals surface area contributed by atoms with Crippen molar-refractivity contribution in [1.29, 1.82) is 0 Å². The predicted octanol–water partition coefficient (Wildman–Crippen LogP) is 1.44. The van der Waals surface area contributed by atoms with Crippen LogP contribution in [-0.2, 0) is 4.79 Å². The zero-order valence-corrected chi connectivity index (χ0v) is 8.00. The molecule has 1 rings (SSSR count). The maximum Gasteiger partial charge on any atom is 0.224 e. The Kier molecular flexibility index (Phi) is 2.84. The number of nitrogens with zero attached hydrogens (tertiary/aromatic N) is 2. The van der Waals surface area contributed by atoms with Gasteiger partial charge in [0, 0.05) is 25.9 Å². The molecule has 1 aliphatic heterocycles. The van der Waals surface area contributed by atoms with Crippen molar-refractivity contribution in [2.24, 2.45) is 4.99 Å². The lowest BCUT2D eigenvalue weighted by Gasteiger charge is -2.14. The number of amidine groups is 1. The van der Waals surface area contributed by atoms with E-state index in [2.05, 4.69) is 4.99 Å². The lowest BCUT2D eigenvalue weighted by atomic mass is 10.3. The van der Waals surface area contributed by atoms with Gasteiger partial charge in [-0.3, -0.25) is 9.79 Å². The summed E-state index contributed by atoms with van der Waals surface area (Å²) in [6.45, 7) is 6.51. The topological polar surface area (TPSA) is 32.7 Å². The van der Waals surface area contributed by atoms with E-state index in [-0.39, 0.29) is 5.91 Å². The minimum absolute atomic E-state index is 0.118. The van der Waals surface area contributed by atoms with E-state index in [0.29, 0.717) is 6.04 Å². The van der Waals surface area contributed by atoms with Crippen LogP contribution in [0.3, 0.4) is 0 Å². The van der Waals surface area contributed by atoms with Crippen LogP contribution in [0, 0.1) is 0 Å². The summed E-state index contributed by atoms with van der Waals surface area (Å²) in [4.78, 5) is 17.3. The molecule has 3 nitrogen and oxygen atoms in total. The number of amides is 1. The molecular formula is C9H16N2O. The Labute approximate surface area is 73.5 Å². The first-order chi connectivity index (χ1) is 5.61. The minimum Gasteiger partial charge on any atom is -0.301 e. The largest absolute Gasteiger partial charge is 0.301 e. The normalized spacial score (nSPS) is 21.0. The number of aliphatic imine (C=N–C) groups is 1. The number of carbonyl (C=O) groups is 1. The van der Waals surface area contributed by atoms with E-state index in [1.54, 1.807) is 11.8 Å². The molecule has 1 aliphatic rings. The molecule has 0 saturated carbocycles. The average molecular weight is 168 g/mol. The number of carbonyl (C=O) groups excluding carboxylic acids is 1. The Bertz CT molecular complexity index is 209. The summed E-state index contributed by atoms with van der Waals surface area (Å²) in [5.74, 6) is 1.09. The highest BCUT2D eigenvalue weighted by Crippen LogP contribution is 2.12. The third kappa shape index (κ3) is 2.06. The maximum atomic E-state index is 11.1. The molecule has 12 heavy (non-hydrogen) atoms. The number of hydrogen-bond donors (Lipinski definition) is 0. The van der Waals surface area contributed by atoms with Crippen molar-refractivity contribution < 1.29 is 4.79 Å². The smallest absolute Gasteiger partial charge is 0.224 e. The van der Waals surface area contributed by atoms with Gasteiger partial charge in [0.25, 0.3) is 0 Å². The second-order valence-corrected chi connectivity index (χ2v) is 3.41. The van der Waals surface area contributed by atoms with Gasteiger partial charge in [-0.05, 0) is 20.3 Å². The Hall–Kier alpha value is -0.860. The molecule has 1 saturated heterocycles. The van der Waals surface area contributed by atoms with Gasteiger partial charge in [0.1, 0.15) is 5.84 Å².